The molecule has 2 nitrogen and oxygen atoms in total. The van der Waals surface area contributed by atoms with E-state index in [-0.39, 0.29) is 0 Å². The summed E-state index contributed by atoms with van der Waals surface area (Å²) in [7, 11) is 0. The molecule has 0 radical (unpaired) electrons. The van der Waals surface area contributed by atoms with E-state index < -0.39 is 0 Å². The van der Waals surface area contributed by atoms with Crippen molar-refractivity contribution in [2.24, 2.45) is 0 Å². The van der Waals surface area contributed by atoms with Gasteiger partial charge in [-0.05, 0) is 30.5 Å². The molecule has 2 fully saturated rings. The molecule has 80 valence electrons. The maximum Gasteiger partial charge on any atom is 0.0557 e. The summed E-state index contributed by atoms with van der Waals surface area (Å²) in [5.74, 6) is 0.645. The van der Waals surface area contributed by atoms with E-state index in [1.807, 2.05) is 0 Å². The molecule has 0 bridgehead atoms. The molecule has 3 rings (SSSR count). The van der Waals surface area contributed by atoms with E-state index in [2.05, 4.69) is 29.6 Å². The highest BCUT2D eigenvalue weighted by molar-refractivity contribution is 5.30. The van der Waals surface area contributed by atoms with Crippen molar-refractivity contribution < 1.29 is 4.74 Å². The van der Waals surface area contributed by atoms with Crippen LogP contribution in [0, 0.1) is 0 Å². The molecule has 0 amide bonds. The minimum absolute atomic E-state index is 0.589. The molecule has 2 aliphatic heterocycles. The fourth-order valence-corrected chi connectivity index (χ4v) is 2.43. The fraction of sp³-hybridized carbons (Fsp3) is 0.538. The zero-order chi connectivity index (χ0) is 10.1. The van der Waals surface area contributed by atoms with Gasteiger partial charge in [0.05, 0.1) is 13.2 Å². The average Bonchev–Trinajstić information content (AvgIpc) is 2.68. The maximum atomic E-state index is 5.24. The Labute approximate surface area is 90.6 Å². The average molecular weight is 203 g/mol. The van der Waals surface area contributed by atoms with E-state index in [1.165, 1.54) is 30.5 Å². The molecule has 1 atom stereocenters. The van der Waals surface area contributed by atoms with Crippen molar-refractivity contribution >= 4 is 0 Å². The Bertz CT molecular complexity index is 340. The van der Waals surface area contributed by atoms with Gasteiger partial charge < -0.3 is 10.1 Å². The van der Waals surface area contributed by atoms with Gasteiger partial charge in [-0.1, -0.05) is 24.3 Å². The second-order valence-electron chi connectivity index (χ2n) is 4.55. The lowest BCUT2D eigenvalue weighted by atomic mass is 9.94. The van der Waals surface area contributed by atoms with Gasteiger partial charge in [-0.3, -0.25) is 0 Å². The van der Waals surface area contributed by atoms with E-state index in [0.717, 1.165) is 13.2 Å². The third-order valence-electron chi connectivity index (χ3n) is 3.48. The number of hydrogen-bond acceptors (Lipinski definition) is 2. The summed E-state index contributed by atoms with van der Waals surface area (Å²) in [5, 5.41) is 3.54. The highest BCUT2D eigenvalue weighted by Crippen LogP contribution is 2.28. The molecule has 2 saturated heterocycles. The molecule has 0 saturated carbocycles. The minimum Gasteiger partial charge on any atom is -0.380 e. The van der Waals surface area contributed by atoms with E-state index in [9.17, 15) is 0 Å². The first-order chi connectivity index (χ1) is 7.43. The van der Waals surface area contributed by atoms with Gasteiger partial charge in [0, 0.05) is 12.0 Å². The summed E-state index contributed by atoms with van der Waals surface area (Å²) < 4.78 is 5.24. The van der Waals surface area contributed by atoms with Crippen molar-refractivity contribution in [1.29, 1.82) is 0 Å². The van der Waals surface area contributed by atoms with Gasteiger partial charge in [0.1, 0.15) is 0 Å². The Morgan fingerprint density at radius 3 is 2.73 bits per heavy atom. The highest BCUT2D eigenvalue weighted by Gasteiger charge is 2.22. The molecule has 1 unspecified atom stereocenters. The van der Waals surface area contributed by atoms with Crippen molar-refractivity contribution in [1.82, 2.24) is 5.32 Å². The van der Waals surface area contributed by atoms with Crippen molar-refractivity contribution in [3.05, 3.63) is 35.4 Å². The predicted molar refractivity (Wildman–Crippen MR) is 60.0 cm³/mol. The van der Waals surface area contributed by atoms with Gasteiger partial charge in [0.2, 0.25) is 0 Å². The summed E-state index contributed by atoms with van der Waals surface area (Å²) in [4.78, 5) is 0. The van der Waals surface area contributed by atoms with Crippen molar-refractivity contribution in [3.8, 4) is 0 Å². The summed E-state index contributed by atoms with van der Waals surface area (Å²) in [6.45, 7) is 2.98. The van der Waals surface area contributed by atoms with Gasteiger partial charge in [-0.2, -0.15) is 0 Å². The lowest BCUT2D eigenvalue weighted by molar-refractivity contribution is 0.00838. The van der Waals surface area contributed by atoms with Gasteiger partial charge in [-0.15, -0.1) is 0 Å². The van der Waals surface area contributed by atoms with E-state index in [0.29, 0.717) is 12.0 Å². The maximum absolute atomic E-state index is 5.24. The van der Waals surface area contributed by atoms with Crippen LogP contribution in [0.2, 0.25) is 0 Å². The van der Waals surface area contributed by atoms with Crippen LogP contribution in [0.3, 0.4) is 0 Å². The molecular formula is C13H17NO. The number of ether oxygens (including phenoxy) is 1. The van der Waals surface area contributed by atoms with Gasteiger partial charge in [-0.25, -0.2) is 0 Å². The number of hydrogen-bond donors (Lipinski definition) is 1. The second-order valence-corrected chi connectivity index (χ2v) is 4.55. The van der Waals surface area contributed by atoms with Gasteiger partial charge in [0.15, 0.2) is 0 Å². The molecule has 15 heavy (non-hydrogen) atoms. The normalized spacial score (nSPS) is 26.5. The summed E-state index contributed by atoms with van der Waals surface area (Å²) in [6, 6.07) is 9.60. The van der Waals surface area contributed by atoms with Crippen LogP contribution in [0.4, 0.5) is 0 Å². The zero-order valence-electron chi connectivity index (χ0n) is 8.91. The monoisotopic (exact) mass is 203 g/mol. The van der Waals surface area contributed by atoms with E-state index in [4.69, 9.17) is 4.74 Å². The van der Waals surface area contributed by atoms with Crippen molar-refractivity contribution in [3.63, 3.8) is 0 Å². The van der Waals surface area contributed by atoms with Crippen LogP contribution in [0.1, 0.15) is 35.9 Å². The Kier molecular flexibility index (Phi) is 2.47. The Hall–Kier alpha value is -0.860. The molecule has 1 aromatic rings. The number of rotatable bonds is 2. The van der Waals surface area contributed by atoms with Crippen molar-refractivity contribution in [2.75, 3.05) is 19.8 Å². The molecule has 0 aromatic heterocycles. The first kappa shape index (κ1) is 9.37. The minimum atomic E-state index is 0.589. The van der Waals surface area contributed by atoms with Crippen molar-refractivity contribution in [2.45, 2.75) is 24.8 Å². The van der Waals surface area contributed by atoms with E-state index >= 15 is 0 Å². The lowest BCUT2D eigenvalue weighted by Crippen LogP contribution is -2.25. The molecule has 2 heterocycles. The Morgan fingerprint density at radius 1 is 1.20 bits per heavy atom. The van der Waals surface area contributed by atoms with Crippen LogP contribution in [0.15, 0.2) is 24.3 Å². The molecule has 1 N–H and O–H groups in total. The number of benzene rings is 1. The smallest absolute Gasteiger partial charge is 0.0557 e. The molecule has 1 aromatic carbocycles. The van der Waals surface area contributed by atoms with Crippen LogP contribution < -0.4 is 5.32 Å². The van der Waals surface area contributed by atoms with Crippen LogP contribution in [-0.4, -0.2) is 19.8 Å². The van der Waals surface area contributed by atoms with E-state index in [1.54, 1.807) is 0 Å². The van der Waals surface area contributed by atoms with Crippen LogP contribution >= 0.6 is 0 Å². The quantitative estimate of drug-likeness (QED) is 0.795. The summed E-state index contributed by atoms with van der Waals surface area (Å²) >= 11 is 0. The third kappa shape index (κ3) is 1.80. The summed E-state index contributed by atoms with van der Waals surface area (Å²) in [6.07, 6.45) is 2.59. The highest BCUT2D eigenvalue weighted by atomic mass is 16.5. The SMILES string of the molecule is c1cc(C2COC2)cc(C2CCCN2)c1. The topological polar surface area (TPSA) is 21.3 Å². The first-order valence-electron chi connectivity index (χ1n) is 5.84. The molecule has 0 aliphatic carbocycles. The Balaban J connectivity index is 1.81. The van der Waals surface area contributed by atoms with Gasteiger partial charge in [0.25, 0.3) is 0 Å². The molecule has 2 aliphatic rings. The molecule has 2 heteroatoms. The number of nitrogens with one attached hydrogen (secondary N) is 1. The molecule has 0 spiro atoms. The molecular weight excluding hydrogens is 186 g/mol. The lowest BCUT2D eigenvalue weighted by Gasteiger charge is -2.27. The first-order valence-corrected chi connectivity index (χ1v) is 5.84. The van der Waals surface area contributed by atoms with Gasteiger partial charge >= 0.3 is 0 Å². The second kappa shape index (κ2) is 3.95. The van der Waals surface area contributed by atoms with Crippen LogP contribution in [0.25, 0.3) is 0 Å². The predicted octanol–water partition coefficient (Wildman–Crippen LogP) is 2.22. The zero-order valence-corrected chi connectivity index (χ0v) is 8.91. The standard InChI is InChI=1S/C13H17NO/c1-3-10(12-8-15-9-12)7-11(4-1)13-5-2-6-14-13/h1,3-4,7,12-14H,2,5-6,8-9H2. The third-order valence-corrected chi connectivity index (χ3v) is 3.48. The Morgan fingerprint density at radius 2 is 2.07 bits per heavy atom. The fourth-order valence-electron chi connectivity index (χ4n) is 2.43. The summed E-state index contributed by atoms with van der Waals surface area (Å²) in [5.41, 5.74) is 2.91. The van der Waals surface area contributed by atoms with Crippen LogP contribution in [-0.2, 0) is 4.74 Å². The largest absolute Gasteiger partial charge is 0.380 e. The van der Waals surface area contributed by atoms with Crippen LogP contribution in [0.5, 0.6) is 0 Å².